The monoisotopic (exact) mass is 372 g/mol. The molecule has 1 aromatic rings. The molecular weight excluding hydrogens is 352 g/mol. The van der Waals surface area contributed by atoms with Crippen LogP contribution in [0.15, 0.2) is 28.7 Å². The van der Waals surface area contributed by atoms with E-state index < -0.39 is 0 Å². The van der Waals surface area contributed by atoms with Crippen LogP contribution in [0.25, 0.3) is 0 Å². The summed E-state index contributed by atoms with van der Waals surface area (Å²) in [6.07, 6.45) is 4.22. The fourth-order valence-electron chi connectivity index (χ4n) is 3.48. The number of carbonyl (C=O) groups is 1. The van der Waals surface area contributed by atoms with Crippen LogP contribution in [0.1, 0.15) is 31.2 Å². The summed E-state index contributed by atoms with van der Waals surface area (Å²) in [4.78, 5) is 14.9. The Morgan fingerprint density at radius 2 is 1.81 bits per heavy atom. The predicted octanol–water partition coefficient (Wildman–Crippen LogP) is 3.36. The molecule has 116 valence electrons. The third-order valence-corrected chi connectivity index (χ3v) is 5.20. The zero-order valence-electron chi connectivity index (χ0n) is 12.1. The van der Waals surface area contributed by atoms with Gasteiger partial charge in [0.2, 0.25) is 5.91 Å². The van der Waals surface area contributed by atoms with E-state index in [1.807, 2.05) is 12.1 Å². The van der Waals surface area contributed by atoms with E-state index in [1.54, 1.807) is 0 Å². The number of hydrogen-bond donors (Lipinski definition) is 1. The second kappa shape index (κ2) is 7.12. The van der Waals surface area contributed by atoms with Gasteiger partial charge in [0.05, 0.1) is 5.41 Å². The van der Waals surface area contributed by atoms with Crippen LogP contribution < -0.4 is 5.32 Å². The molecule has 0 saturated carbocycles. The zero-order chi connectivity index (χ0) is 14.0. The molecule has 1 amide bonds. The van der Waals surface area contributed by atoms with Crippen molar-refractivity contribution in [3.63, 3.8) is 0 Å². The highest BCUT2D eigenvalue weighted by Gasteiger charge is 2.44. The lowest BCUT2D eigenvalue weighted by Gasteiger charge is -2.44. The molecule has 2 saturated heterocycles. The quantitative estimate of drug-likeness (QED) is 0.862. The predicted molar refractivity (Wildman–Crippen MR) is 90.6 cm³/mol. The average molecular weight is 374 g/mol. The van der Waals surface area contributed by atoms with Crippen LogP contribution in [-0.4, -0.2) is 30.4 Å². The molecule has 2 heterocycles. The number of nitrogens with zero attached hydrogens (tertiary/aromatic N) is 1. The highest BCUT2D eigenvalue weighted by atomic mass is 79.9. The SMILES string of the molecule is Cl.O=C1N(Cc2ccc(Br)cc2)CCCC12CCNCC2. The second-order valence-corrected chi connectivity index (χ2v) is 6.90. The van der Waals surface area contributed by atoms with Crippen molar-refractivity contribution in [2.75, 3.05) is 19.6 Å². The molecule has 0 aliphatic carbocycles. The van der Waals surface area contributed by atoms with Crippen LogP contribution in [0.5, 0.6) is 0 Å². The van der Waals surface area contributed by atoms with E-state index in [0.29, 0.717) is 5.91 Å². The number of halogens is 2. The van der Waals surface area contributed by atoms with E-state index >= 15 is 0 Å². The lowest BCUT2D eigenvalue weighted by Crippen LogP contribution is -2.52. The highest BCUT2D eigenvalue weighted by molar-refractivity contribution is 9.10. The Morgan fingerprint density at radius 3 is 2.48 bits per heavy atom. The zero-order valence-corrected chi connectivity index (χ0v) is 14.5. The summed E-state index contributed by atoms with van der Waals surface area (Å²) < 4.78 is 1.08. The Labute approximate surface area is 141 Å². The Bertz CT molecular complexity index is 480. The molecule has 2 aliphatic heterocycles. The van der Waals surface area contributed by atoms with Crippen molar-refractivity contribution < 1.29 is 4.79 Å². The average Bonchev–Trinajstić information content (AvgIpc) is 2.47. The van der Waals surface area contributed by atoms with Gasteiger partial charge in [-0.1, -0.05) is 28.1 Å². The van der Waals surface area contributed by atoms with Crippen molar-refractivity contribution >= 4 is 34.2 Å². The summed E-state index contributed by atoms with van der Waals surface area (Å²) in [7, 11) is 0. The van der Waals surface area contributed by atoms with Crippen LogP contribution in [0, 0.1) is 5.41 Å². The minimum Gasteiger partial charge on any atom is -0.338 e. The molecular formula is C16H22BrClN2O. The van der Waals surface area contributed by atoms with Crippen molar-refractivity contribution in [1.82, 2.24) is 10.2 Å². The van der Waals surface area contributed by atoms with E-state index in [4.69, 9.17) is 0 Å². The van der Waals surface area contributed by atoms with Gasteiger partial charge in [-0.2, -0.15) is 0 Å². The summed E-state index contributed by atoms with van der Waals surface area (Å²) in [5.41, 5.74) is 1.14. The molecule has 0 aromatic heterocycles. The number of nitrogens with one attached hydrogen (secondary N) is 1. The van der Waals surface area contributed by atoms with Gasteiger partial charge >= 0.3 is 0 Å². The first kappa shape index (κ1) is 16.8. The molecule has 0 unspecified atom stereocenters. The Balaban J connectivity index is 0.00000161. The number of amides is 1. The lowest BCUT2D eigenvalue weighted by atomic mass is 9.72. The van der Waals surface area contributed by atoms with E-state index in [0.717, 1.165) is 56.3 Å². The minimum atomic E-state index is -0.0706. The van der Waals surface area contributed by atoms with Crippen molar-refractivity contribution in [3.05, 3.63) is 34.3 Å². The van der Waals surface area contributed by atoms with Gasteiger partial charge in [0, 0.05) is 17.6 Å². The Kier molecular flexibility index (Phi) is 5.69. The van der Waals surface area contributed by atoms with Crippen molar-refractivity contribution in [2.24, 2.45) is 5.41 Å². The lowest BCUT2D eigenvalue weighted by molar-refractivity contribution is -0.149. The number of likely N-dealkylation sites (tertiary alicyclic amines) is 1. The standard InChI is InChI=1S/C16H21BrN2O.ClH/c17-14-4-2-13(3-5-14)12-19-11-1-6-16(15(19)20)7-9-18-10-8-16;/h2-5,18H,1,6-12H2;1H. The molecule has 3 rings (SSSR count). The maximum absolute atomic E-state index is 12.9. The smallest absolute Gasteiger partial charge is 0.229 e. The summed E-state index contributed by atoms with van der Waals surface area (Å²) in [5.74, 6) is 0.383. The Morgan fingerprint density at radius 1 is 1.14 bits per heavy atom. The fraction of sp³-hybridized carbons (Fsp3) is 0.562. The topological polar surface area (TPSA) is 32.3 Å². The number of benzene rings is 1. The summed E-state index contributed by atoms with van der Waals surface area (Å²) in [5, 5.41) is 3.37. The maximum atomic E-state index is 12.9. The van der Waals surface area contributed by atoms with Crippen molar-refractivity contribution in [3.8, 4) is 0 Å². The fourth-order valence-corrected chi connectivity index (χ4v) is 3.75. The van der Waals surface area contributed by atoms with Gasteiger partial charge in [0.25, 0.3) is 0 Å². The molecule has 1 aromatic carbocycles. The summed E-state index contributed by atoms with van der Waals surface area (Å²) in [6.45, 7) is 3.63. The largest absolute Gasteiger partial charge is 0.338 e. The normalized spacial score (nSPS) is 21.2. The first-order chi connectivity index (χ1) is 9.70. The van der Waals surface area contributed by atoms with E-state index in [-0.39, 0.29) is 17.8 Å². The van der Waals surface area contributed by atoms with E-state index in [2.05, 4.69) is 38.3 Å². The third-order valence-electron chi connectivity index (χ3n) is 4.67. The molecule has 5 heteroatoms. The van der Waals surface area contributed by atoms with Crippen molar-refractivity contribution in [2.45, 2.75) is 32.2 Å². The van der Waals surface area contributed by atoms with Crippen LogP contribution in [0.2, 0.25) is 0 Å². The first-order valence-electron chi connectivity index (χ1n) is 7.44. The third kappa shape index (κ3) is 3.61. The number of hydrogen-bond acceptors (Lipinski definition) is 2. The van der Waals surface area contributed by atoms with Gasteiger partial charge in [0.15, 0.2) is 0 Å². The van der Waals surface area contributed by atoms with Crippen LogP contribution in [0.3, 0.4) is 0 Å². The van der Waals surface area contributed by atoms with Crippen LogP contribution in [-0.2, 0) is 11.3 Å². The van der Waals surface area contributed by atoms with Gasteiger partial charge in [-0.3, -0.25) is 4.79 Å². The van der Waals surface area contributed by atoms with Gasteiger partial charge in [-0.25, -0.2) is 0 Å². The summed E-state index contributed by atoms with van der Waals surface area (Å²) >= 11 is 3.45. The maximum Gasteiger partial charge on any atom is 0.229 e. The second-order valence-electron chi connectivity index (χ2n) is 5.99. The van der Waals surface area contributed by atoms with Gasteiger partial charge in [0.1, 0.15) is 0 Å². The number of piperidine rings is 2. The molecule has 3 nitrogen and oxygen atoms in total. The molecule has 1 N–H and O–H groups in total. The van der Waals surface area contributed by atoms with Gasteiger partial charge in [-0.15, -0.1) is 12.4 Å². The van der Waals surface area contributed by atoms with Gasteiger partial charge in [-0.05, 0) is 56.5 Å². The van der Waals surface area contributed by atoms with Crippen LogP contribution in [0.4, 0.5) is 0 Å². The molecule has 0 bridgehead atoms. The molecule has 0 atom stereocenters. The summed E-state index contributed by atoms with van der Waals surface area (Å²) in [6, 6.07) is 8.29. The number of rotatable bonds is 2. The van der Waals surface area contributed by atoms with Crippen molar-refractivity contribution in [1.29, 1.82) is 0 Å². The highest BCUT2D eigenvalue weighted by Crippen LogP contribution is 2.39. The van der Waals surface area contributed by atoms with E-state index in [1.165, 1.54) is 5.56 Å². The molecule has 21 heavy (non-hydrogen) atoms. The Hall–Kier alpha value is -0.580. The molecule has 2 fully saturated rings. The first-order valence-corrected chi connectivity index (χ1v) is 8.23. The van der Waals surface area contributed by atoms with Crippen LogP contribution >= 0.6 is 28.3 Å². The molecule has 0 radical (unpaired) electrons. The van der Waals surface area contributed by atoms with Gasteiger partial charge < -0.3 is 10.2 Å². The minimum absolute atomic E-state index is 0. The molecule has 2 aliphatic rings. The molecule has 1 spiro atoms. The number of carbonyl (C=O) groups excluding carboxylic acids is 1. The van der Waals surface area contributed by atoms with E-state index in [9.17, 15) is 4.79 Å².